The number of hydrogen-bond acceptors (Lipinski definition) is 4. The molecular weight excluding hydrogens is 275 g/mol. The number of hydrogen-bond donors (Lipinski definition) is 2. The second-order valence-corrected chi connectivity index (χ2v) is 3.76. The maximum atomic E-state index is 12.4. The number of benzene rings is 1. The Bertz CT molecular complexity index is 627. The second kappa shape index (κ2) is 5.16. The molecule has 0 saturated carbocycles. The third-order valence-corrected chi connectivity index (χ3v) is 2.38. The van der Waals surface area contributed by atoms with E-state index in [9.17, 15) is 18.0 Å². The van der Waals surface area contributed by atoms with Crippen molar-refractivity contribution in [2.75, 3.05) is 5.32 Å². The molecule has 1 aromatic heterocycles. The summed E-state index contributed by atoms with van der Waals surface area (Å²) in [5.41, 5.74) is -0.825. The Balaban J connectivity index is 2.25. The van der Waals surface area contributed by atoms with Crippen molar-refractivity contribution < 1.29 is 23.1 Å². The fourth-order valence-electron chi connectivity index (χ4n) is 1.47. The van der Waals surface area contributed by atoms with Gasteiger partial charge in [-0.3, -0.25) is 0 Å². The van der Waals surface area contributed by atoms with E-state index in [2.05, 4.69) is 15.3 Å². The fraction of sp³-hybridized carbons (Fsp3) is 0.0833. The molecule has 0 saturated heterocycles. The predicted octanol–water partition coefficient (Wildman–Crippen LogP) is 2.94. The van der Waals surface area contributed by atoms with E-state index in [1.54, 1.807) is 0 Å². The Labute approximate surface area is 111 Å². The molecular formula is C12H8F3N3O2. The lowest BCUT2D eigenvalue weighted by atomic mass is 10.2. The number of nitrogens with one attached hydrogen (secondary N) is 1. The standard InChI is InChI=1S/C12H8F3N3O2/c13-12(14,15)7-1-3-8(4-2-7)18-10-9(11(19)20)16-5-6-17-10/h1-6H,(H,17,18)(H,19,20). The van der Waals surface area contributed by atoms with Gasteiger partial charge in [0.1, 0.15) is 0 Å². The molecule has 0 aliphatic rings. The molecule has 5 nitrogen and oxygen atoms in total. The minimum absolute atomic E-state index is 0.0419. The molecule has 0 amide bonds. The van der Waals surface area contributed by atoms with Gasteiger partial charge in [0.15, 0.2) is 11.5 Å². The average Bonchev–Trinajstić information content (AvgIpc) is 2.38. The Morgan fingerprint density at radius 3 is 2.25 bits per heavy atom. The summed E-state index contributed by atoms with van der Waals surface area (Å²) in [5.74, 6) is -1.33. The molecule has 8 heteroatoms. The summed E-state index contributed by atoms with van der Waals surface area (Å²) in [4.78, 5) is 18.3. The van der Waals surface area contributed by atoms with Crippen molar-refractivity contribution in [2.24, 2.45) is 0 Å². The molecule has 104 valence electrons. The van der Waals surface area contributed by atoms with E-state index in [4.69, 9.17) is 5.11 Å². The number of alkyl halides is 3. The molecule has 2 aromatic rings. The summed E-state index contributed by atoms with van der Waals surface area (Å²) in [7, 11) is 0. The van der Waals surface area contributed by atoms with Gasteiger partial charge >= 0.3 is 12.1 Å². The lowest BCUT2D eigenvalue weighted by molar-refractivity contribution is -0.137. The van der Waals surface area contributed by atoms with Gasteiger partial charge in [-0.2, -0.15) is 13.2 Å². The molecule has 0 spiro atoms. The molecule has 0 radical (unpaired) electrons. The Morgan fingerprint density at radius 2 is 1.70 bits per heavy atom. The molecule has 0 aliphatic heterocycles. The number of halogens is 3. The van der Waals surface area contributed by atoms with E-state index in [0.717, 1.165) is 12.1 Å². The smallest absolute Gasteiger partial charge is 0.416 e. The van der Waals surface area contributed by atoms with Gasteiger partial charge in [-0.15, -0.1) is 0 Å². The molecule has 0 atom stereocenters. The van der Waals surface area contributed by atoms with Crippen LogP contribution in [0, 0.1) is 0 Å². The molecule has 0 unspecified atom stereocenters. The first-order chi connectivity index (χ1) is 9.38. The molecule has 2 N–H and O–H groups in total. The predicted molar refractivity (Wildman–Crippen MR) is 63.7 cm³/mol. The second-order valence-electron chi connectivity index (χ2n) is 3.76. The van der Waals surface area contributed by atoms with Gasteiger partial charge in [0.2, 0.25) is 0 Å². The van der Waals surface area contributed by atoms with Gasteiger partial charge in [0.25, 0.3) is 0 Å². The molecule has 0 bridgehead atoms. The third-order valence-electron chi connectivity index (χ3n) is 2.38. The fourth-order valence-corrected chi connectivity index (χ4v) is 1.47. The highest BCUT2D eigenvalue weighted by atomic mass is 19.4. The number of anilines is 2. The highest BCUT2D eigenvalue weighted by molar-refractivity contribution is 5.91. The van der Waals surface area contributed by atoms with Gasteiger partial charge in [0, 0.05) is 18.1 Å². The Morgan fingerprint density at radius 1 is 1.10 bits per heavy atom. The zero-order valence-electron chi connectivity index (χ0n) is 9.85. The van der Waals surface area contributed by atoms with Crippen molar-refractivity contribution >= 4 is 17.5 Å². The van der Waals surface area contributed by atoms with Crippen LogP contribution in [0.4, 0.5) is 24.7 Å². The van der Waals surface area contributed by atoms with E-state index < -0.39 is 17.7 Å². The lowest BCUT2D eigenvalue weighted by Crippen LogP contribution is -2.08. The largest absolute Gasteiger partial charge is 0.476 e. The van der Waals surface area contributed by atoms with Gasteiger partial charge in [0.05, 0.1) is 5.56 Å². The van der Waals surface area contributed by atoms with Crippen LogP contribution in [-0.4, -0.2) is 21.0 Å². The lowest BCUT2D eigenvalue weighted by Gasteiger charge is -2.09. The number of aromatic nitrogens is 2. The van der Waals surface area contributed by atoms with Crippen molar-refractivity contribution in [3.63, 3.8) is 0 Å². The minimum atomic E-state index is -4.42. The number of nitrogens with zero attached hydrogens (tertiary/aromatic N) is 2. The summed E-state index contributed by atoms with van der Waals surface area (Å²) in [6.07, 6.45) is -1.93. The van der Waals surface area contributed by atoms with Crippen molar-refractivity contribution in [1.29, 1.82) is 0 Å². The van der Waals surface area contributed by atoms with Crippen LogP contribution in [0.5, 0.6) is 0 Å². The normalized spacial score (nSPS) is 11.2. The Hall–Kier alpha value is -2.64. The van der Waals surface area contributed by atoms with Crippen LogP contribution in [0.3, 0.4) is 0 Å². The number of carboxylic acid groups (broad SMARTS) is 1. The third kappa shape index (κ3) is 3.02. The van der Waals surface area contributed by atoms with E-state index in [1.807, 2.05) is 0 Å². The van der Waals surface area contributed by atoms with E-state index >= 15 is 0 Å². The van der Waals surface area contributed by atoms with Crippen LogP contribution < -0.4 is 5.32 Å². The number of aromatic carboxylic acids is 1. The molecule has 0 aliphatic carbocycles. The molecule has 1 heterocycles. The summed E-state index contributed by atoms with van der Waals surface area (Å²) in [5, 5.41) is 11.5. The SMILES string of the molecule is O=C(O)c1nccnc1Nc1ccc(C(F)(F)F)cc1. The highest BCUT2D eigenvalue weighted by Gasteiger charge is 2.30. The van der Waals surface area contributed by atoms with Crippen LogP contribution >= 0.6 is 0 Å². The topological polar surface area (TPSA) is 75.1 Å². The quantitative estimate of drug-likeness (QED) is 0.905. The van der Waals surface area contributed by atoms with E-state index in [0.29, 0.717) is 0 Å². The van der Waals surface area contributed by atoms with Crippen LogP contribution in [0.1, 0.15) is 16.1 Å². The van der Waals surface area contributed by atoms with Gasteiger partial charge in [-0.05, 0) is 24.3 Å². The maximum Gasteiger partial charge on any atom is 0.416 e. The maximum absolute atomic E-state index is 12.4. The number of rotatable bonds is 3. The molecule has 0 fully saturated rings. The molecule has 20 heavy (non-hydrogen) atoms. The molecule has 1 aromatic carbocycles. The van der Waals surface area contributed by atoms with E-state index in [-0.39, 0.29) is 17.2 Å². The van der Waals surface area contributed by atoms with Crippen LogP contribution in [0.2, 0.25) is 0 Å². The van der Waals surface area contributed by atoms with Gasteiger partial charge < -0.3 is 10.4 Å². The summed E-state index contributed by atoms with van der Waals surface area (Å²) in [6.45, 7) is 0. The molecule has 2 rings (SSSR count). The van der Waals surface area contributed by atoms with Crippen molar-refractivity contribution in [3.05, 3.63) is 47.9 Å². The first kappa shape index (κ1) is 13.8. The summed E-state index contributed by atoms with van der Waals surface area (Å²) in [6, 6.07) is 4.14. The summed E-state index contributed by atoms with van der Waals surface area (Å²) < 4.78 is 37.2. The van der Waals surface area contributed by atoms with Crippen LogP contribution in [-0.2, 0) is 6.18 Å². The van der Waals surface area contributed by atoms with Crippen molar-refractivity contribution in [1.82, 2.24) is 9.97 Å². The monoisotopic (exact) mass is 283 g/mol. The zero-order valence-corrected chi connectivity index (χ0v) is 9.85. The highest BCUT2D eigenvalue weighted by Crippen LogP contribution is 2.30. The van der Waals surface area contributed by atoms with Crippen LogP contribution in [0.25, 0.3) is 0 Å². The Kier molecular flexibility index (Phi) is 3.55. The number of carboxylic acids is 1. The van der Waals surface area contributed by atoms with Crippen molar-refractivity contribution in [2.45, 2.75) is 6.18 Å². The number of carbonyl (C=O) groups is 1. The summed E-state index contributed by atoms with van der Waals surface area (Å²) >= 11 is 0. The zero-order chi connectivity index (χ0) is 14.8. The average molecular weight is 283 g/mol. The van der Waals surface area contributed by atoms with Gasteiger partial charge in [-0.1, -0.05) is 0 Å². The van der Waals surface area contributed by atoms with Crippen molar-refractivity contribution in [3.8, 4) is 0 Å². The first-order valence-electron chi connectivity index (χ1n) is 5.36. The minimum Gasteiger partial charge on any atom is -0.476 e. The van der Waals surface area contributed by atoms with Crippen LogP contribution in [0.15, 0.2) is 36.7 Å². The van der Waals surface area contributed by atoms with Gasteiger partial charge in [-0.25, -0.2) is 14.8 Å². The first-order valence-corrected chi connectivity index (χ1v) is 5.36. The van der Waals surface area contributed by atoms with E-state index in [1.165, 1.54) is 24.5 Å².